The van der Waals surface area contributed by atoms with Gasteiger partial charge < -0.3 is 0 Å². The molecular formula is C11H17F3O. The van der Waals surface area contributed by atoms with Crippen LogP contribution >= 0.6 is 0 Å². The van der Waals surface area contributed by atoms with Crippen LogP contribution in [0.3, 0.4) is 0 Å². The fourth-order valence-corrected chi connectivity index (χ4v) is 2.13. The Kier molecular flexibility index (Phi) is 3.17. The first-order chi connectivity index (χ1) is 6.62. The maximum atomic E-state index is 12.5. The Morgan fingerprint density at radius 1 is 1.20 bits per heavy atom. The van der Waals surface area contributed by atoms with Gasteiger partial charge in [0.1, 0.15) is 11.7 Å². The lowest BCUT2D eigenvalue weighted by atomic mass is 9.68. The Bertz CT molecular complexity index is 250. The van der Waals surface area contributed by atoms with Crippen molar-refractivity contribution in [2.45, 2.75) is 46.2 Å². The van der Waals surface area contributed by atoms with Crippen molar-refractivity contribution in [3.05, 3.63) is 0 Å². The van der Waals surface area contributed by atoms with Crippen molar-refractivity contribution >= 4 is 5.78 Å². The van der Waals surface area contributed by atoms with E-state index < -0.39 is 17.9 Å². The van der Waals surface area contributed by atoms with E-state index in [9.17, 15) is 18.0 Å². The van der Waals surface area contributed by atoms with Crippen molar-refractivity contribution < 1.29 is 18.0 Å². The largest absolute Gasteiger partial charge is 0.398 e. The highest BCUT2D eigenvalue weighted by molar-refractivity contribution is 5.82. The van der Waals surface area contributed by atoms with Crippen molar-refractivity contribution in [2.24, 2.45) is 17.3 Å². The van der Waals surface area contributed by atoms with Gasteiger partial charge in [0.05, 0.1) is 0 Å². The monoisotopic (exact) mass is 222 g/mol. The number of rotatable bonds is 0. The van der Waals surface area contributed by atoms with Crippen LogP contribution in [0.1, 0.15) is 40.0 Å². The zero-order chi connectivity index (χ0) is 11.9. The number of Topliss-reactive ketones (excluding diaryl/α,β-unsaturated/α-hetero) is 1. The molecule has 0 N–H and O–H groups in total. The number of carbonyl (C=O) groups excluding carboxylic acids is 1. The minimum Gasteiger partial charge on any atom is -0.299 e. The molecule has 0 aromatic heterocycles. The molecular weight excluding hydrogens is 205 g/mol. The quantitative estimate of drug-likeness (QED) is 0.612. The number of ketones is 1. The van der Waals surface area contributed by atoms with Crippen LogP contribution in [0.4, 0.5) is 13.2 Å². The highest BCUT2D eigenvalue weighted by Gasteiger charge is 2.48. The first kappa shape index (κ1) is 12.5. The smallest absolute Gasteiger partial charge is 0.299 e. The Labute approximate surface area is 88.0 Å². The van der Waals surface area contributed by atoms with E-state index in [1.54, 1.807) is 0 Å². The van der Waals surface area contributed by atoms with Gasteiger partial charge in [0, 0.05) is 6.42 Å². The maximum Gasteiger partial charge on any atom is 0.398 e. The summed E-state index contributed by atoms with van der Waals surface area (Å²) < 4.78 is 37.6. The Balaban J connectivity index is 2.78. The predicted octanol–water partition coefficient (Wildman–Crippen LogP) is 3.58. The van der Waals surface area contributed by atoms with Gasteiger partial charge in [-0.3, -0.25) is 4.79 Å². The highest BCUT2D eigenvalue weighted by atomic mass is 19.4. The van der Waals surface area contributed by atoms with Gasteiger partial charge in [0.15, 0.2) is 0 Å². The summed E-state index contributed by atoms with van der Waals surface area (Å²) in [7, 11) is 0. The van der Waals surface area contributed by atoms with Gasteiger partial charge in [-0.2, -0.15) is 13.2 Å². The van der Waals surface area contributed by atoms with Crippen LogP contribution in [0.5, 0.6) is 0 Å². The van der Waals surface area contributed by atoms with Crippen LogP contribution in [-0.2, 0) is 4.79 Å². The minimum atomic E-state index is -4.36. The number of hydrogen-bond acceptors (Lipinski definition) is 1. The molecule has 0 amide bonds. The van der Waals surface area contributed by atoms with E-state index >= 15 is 0 Å². The highest BCUT2D eigenvalue weighted by Crippen LogP contribution is 2.44. The molecule has 0 aromatic carbocycles. The lowest BCUT2D eigenvalue weighted by Crippen LogP contribution is -2.39. The molecule has 0 aliphatic heterocycles. The van der Waals surface area contributed by atoms with Crippen molar-refractivity contribution in [1.29, 1.82) is 0 Å². The van der Waals surface area contributed by atoms with E-state index in [2.05, 4.69) is 0 Å². The lowest BCUT2D eigenvalue weighted by Gasteiger charge is -2.37. The summed E-state index contributed by atoms with van der Waals surface area (Å²) in [5, 5.41) is 0. The minimum absolute atomic E-state index is 0.0122. The molecule has 88 valence electrons. The van der Waals surface area contributed by atoms with E-state index in [0.717, 1.165) is 0 Å². The summed E-state index contributed by atoms with van der Waals surface area (Å²) in [6.07, 6.45) is -3.73. The van der Waals surface area contributed by atoms with Gasteiger partial charge in [-0.05, 0) is 24.2 Å². The summed E-state index contributed by atoms with van der Waals surface area (Å²) in [6, 6.07) is 0. The van der Waals surface area contributed by atoms with Crippen LogP contribution in [0, 0.1) is 17.3 Å². The van der Waals surface area contributed by atoms with E-state index in [-0.39, 0.29) is 24.2 Å². The molecule has 0 radical (unpaired) electrons. The molecule has 1 fully saturated rings. The zero-order valence-electron chi connectivity index (χ0n) is 9.32. The van der Waals surface area contributed by atoms with Crippen LogP contribution in [0.15, 0.2) is 0 Å². The van der Waals surface area contributed by atoms with Crippen LogP contribution in [-0.4, -0.2) is 12.0 Å². The summed E-state index contributed by atoms with van der Waals surface area (Å²) in [6.45, 7) is 5.79. The number of halogens is 3. The summed E-state index contributed by atoms with van der Waals surface area (Å²) in [5.74, 6) is -2.37. The molecule has 15 heavy (non-hydrogen) atoms. The summed E-state index contributed by atoms with van der Waals surface area (Å²) in [4.78, 5) is 11.2. The second-order valence-electron chi connectivity index (χ2n) is 5.40. The van der Waals surface area contributed by atoms with Gasteiger partial charge in [0.2, 0.25) is 0 Å². The van der Waals surface area contributed by atoms with Crippen molar-refractivity contribution in [3.63, 3.8) is 0 Å². The molecule has 1 saturated carbocycles. The molecule has 1 rings (SSSR count). The van der Waals surface area contributed by atoms with Crippen LogP contribution < -0.4 is 0 Å². The first-order valence-corrected chi connectivity index (χ1v) is 5.22. The third kappa shape index (κ3) is 2.95. The molecule has 2 unspecified atom stereocenters. The molecule has 2 atom stereocenters. The van der Waals surface area contributed by atoms with Gasteiger partial charge in [-0.1, -0.05) is 20.8 Å². The third-order valence-corrected chi connectivity index (χ3v) is 3.27. The standard InChI is InChI=1S/C11H17F3O/c1-10(2,3)7-4-5-9(15)8(6-7)11(12,13)14/h7-8H,4-6H2,1-3H3. The summed E-state index contributed by atoms with van der Waals surface area (Å²) >= 11 is 0. The molecule has 1 aliphatic carbocycles. The van der Waals surface area contributed by atoms with Crippen molar-refractivity contribution in [3.8, 4) is 0 Å². The predicted molar refractivity (Wildman–Crippen MR) is 51.3 cm³/mol. The average Bonchev–Trinajstić information content (AvgIpc) is 2.00. The second kappa shape index (κ2) is 3.80. The third-order valence-electron chi connectivity index (χ3n) is 3.27. The SMILES string of the molecule is CC(C)(C)C1CCC(=O)C(C(F)(F)F)C1. The molecule has 0 saturated heterocycles. The molecule has 4 heteroatoms. The van der Waals surface area contributed by atoms with E-state index in [1.165, 1.54) is 0 Å². The second-order valence-corrected chi connectivity index (χ2v) is 5.40. The zero-order valence-corrected chi connectivity index (χ0v) is 9.32. The lowest BCUT2D eigenvalue weighted by molar-refractivity contribution is -0.190. The summed E-state index contributed by atoms with van der Waals surface area (Å²) in [5.41, 5.74) is -0.149. The molecule has 1 aliphatic rings. The average molecular weight is 222 g/mol. The van der Waals surface area contributed by atoms with Crippen LogP contribution in [0.25, 0.3) is 0 Å². The van der Waals surface area contributed by atoms with E-state index in [0.29, 0.717) is 6.42 Å². The number of hydrogen-bond donors (Lipinski definition) is 0. The molecule has 1 nitrogen and oxygen atoms in total. The van der Waals surface area contributed by atoms with Crippen molar-refractivity contribution in [1.82, 2.24) is 0 Å². The Hall–Kier alpha value is -0.540. The van der Waals surface area contributed by atoms with E-state index in [1.807, 2.05) is 20.8 Å². The van der Waals surface area contributed by atoms with Gasteiger partial charge >= 0.3 is 6.18 Å². The number of carbonyl (C=O) groups is 1. The van der Waals surface area contributed by atoms with Gasteiger partial charge in [-0.25, -0.2) is 0 Å². The maximum absolute atomic E-state index is 12.5. The Morgan fingerprint density at radius 2 is 1.73 bits per heavy atom. The molecule has 0 aromatic rings. The van der Waals surface area contributed by atoms with Gasteiger partial charge in [-0.15, -0.1) is 0 Å². The number of alkyl halides is 3. The van der Waals surface area contributed by atoms with Crippen LogP contribution in [0.2, 0.25) is 0 Å². The van der Waals surface area contributed by atoms with E-state index in [4.69, 9.17) is 0 Å². The molecule has 0 heterocycles. The molecule has 0 spiro atoms. The fraction of sp³-hybridized carbons (Fsp3) is 0.909. The van der Waals surface area contributed by atoms with Gasteiger partial charge in [0.25, 0.3) is 0 Å². The Morgan fingerprint density at radius 3 is 2.13 bits per heavy atom. The topological polar surface area (TPSA) is 17.1 Å². The van der Waals surface area contributed by atoms with Crippen molar-refractivity contribution in [2.75, 3.05) is 0 Å². The molecule has 0 bridgehead atoms. The normalized spacial score (nSPS) is 29.3. The first-order valence-electron chi connectivity index (χ1n) is 5.22. The fourth-order valence-electron chi connectivity index (χ4n) is 2.13.